The fourth-order valence-electron chi connectivity index (χ4n) is 3.98. The summed E-state index contributed by atoms with van der Waals surface area (Å²) in [5.41, 5.74) is 8.84. The second kappa shape index (κ2) is 12.9. The molecule has 0 saturated heterocycles. The van der Waals surface area contributed by atoms with Gasteiger partial charge in [-0.25, -0.2) is 10.4 Å². The molecule has 3 aromatic rings. The molecule has 1 aliphatic rings. The number of amides is 1. The van der Waals surface area contributed by atoms with E-state index in [1.54, 1.807) is 0 Å². The van der Waals surface area contributed by atoms with Gasteiger partial charge >= 0.3 is 0 Å². The maximum atomic E-state index is 13.4. The number of aliphatic hydroxyl groups is 1. The molecular formula is C30H33N3O4. The molecule has 0 aliphatic carbocycles. The number of carbonyl (C=O) groups excluding carboxylic acids is 1. The third-order valence-corrected chi connectivity index (χ3v) is 6.00. The molecule has 0 saturated carbocycles. The third kappa shape index (κ3) is 7.29. The number of hydrogen-bond donors (Lipinski definition) is 3. The molecule has 1 atom stereocenters. The van der Waals surface area contributed by atoms with Gasteiger partial charge in [-0.05, 0) is 42.3 Å². The van der Waals surface area contributed by atoms with Gasteiger partial charge in [0.25, 0.3) is 5.91 Å². The van der Waals surface area contributed by atoms with Crippen molar-refractivity contribution in [1.29, 1.82) is 0 Å². The number of aliphatic imine (C=N–C) groups is 1. The molecule has 192 valence electrons. The van der Waals surface area contributed by atoms with Crippen molar-refractivity contribution in [2.45, 2.75) is 31.8 Å². The maximum absolute atomic E-state index is 13.4. The smallest absolute Gasteiger partial charge is 0.266 e. The molecule has 3 aromatic carbocycles. The number of ether oxygens (including phenoxy) is 2. The van der Waals surface area contributed by atoms with Crippen LogP contribution < -0.4 is 15.6 Å². The van der Waals surface area contributed by atoms with Crippen molar-refractivity contribution in [3.8, 4) is 5.75 Å². The van der Waals surface area contributed by atoms with Crippen molar-refractivity contribution in [1.82, 2.24) is 10.9 Å². The summed E-state index contributed by atoms with van der Waals surface area (Å²) in [4.78, 5) is 18.2. The van der Waals surface area contributed by atoms with Crippen molar-refractivity contribution in [2.24, 2.45) is 4.99 Å². The van der Waals surface area contributed by atoms with E-state index >= 15 is 0 Å². The summed E-state index contributed by atoms with van der Waals surface area (Å²) in [7, 11) is 0. The lowest BCUT2D eigenvalue weighted by molar-refractivity contribution is -0.127. The molecule has 0 radical (unpaired) electrons. The van der Waals surface area contributed by atoms with Crippen molar-refractivity contribution >= 4 is 17.9 Å². The Bertz CT molecular complexity index is 1230. The number of aryl methyl sites for hydroxylation is 1. The Morgan fingerprint density at radius 3 is 2.68 bits per heavy atom. The summed E-state index contributed by atoms with van der Waals surface area (Å²) in [6.45, 7) is 3.20. The van der Waals surface area contributed by atoms with Crippen molar-refractivity contribution < 1.29 is 19.4 Å². The summed E-state index contributed by atoms with van der Waals surface area (Å²) >= 11 is 0. The first-order chi connectivity index (χ1) is 18.1. The van der Waals surface area contributed by atoms with Gasteiger partial charge in [0.15, 0.2) is 5.54 Å². The van der Waals surface area contributed by atoms with Crippen LogP contribution in [0.15, 0.2) is 89.9 Å². The lowest BCUT2D eigenvalue weighted by Crippen LogP contribution is -2.51. The van der Waals surface area contributed by atoms with Crippen LogP contribution in [0, 0.1) is 6.92 Å². The van der Waals surface area contributed by atoms with Crippen LogP contribution in [-0.4, -0.2) is 42.3 Å². The molecule has 1 heterocycles. The zero-order valence-corrected chi connectivity index (χ0v) is 21.0. The predicted octanol–water partition coefficient (Wildman–Crippen LogP) is 4.20. The number of benzene rings is 3. The largest absolute Gasteiger partial charge is 0.494 e. The van der Waals surface area contributed by atoms with Gasteiger partial charge in [-0.2, -0.15) is 0 Å². The second-order valence-corrected chi connectivity index (χ2v) is 9.00. The SMILES string of the molecule is Cc1cccc(CNNC(=O)[C@]2(C/C=C/c3ccccc3)COC(c3ccc(OCCCO)cc3)=N2)c1. The van der Waals surface area contributed by atoms with E-state index in [0.717, 1.165) is 22.3 Å². The van der Waals surface area contributed by atoms with E-state index in [9.17, 15) is 4.79 Å². The highest BCUT2D eigenvalue weighted by molar-refractivity contribution is 6.00. The van der Waals surface area contributed by atoms with Crippen LogP contribution in [0.25, 0.3) is 6.08 Å². The van der Waals surface area contributed by atoms with Crippen LogP contribution in [0.3, 0.4) is 0 Å². The molecular weight excluding hydrogens is 466 g/mol. The van der Waals surface area contributed by atoms with Gasteiger partial charge in [-0.15, -0.1) is 0 Å². The van der Waals surface area contributed by atoms with E-state index in [0.29, 0.717) is 37.6 Å². The minimum absolute atomic E-state index is 0.0887. The molecule has 37 heavy (non-hydrogen) atoms. The highest BCUT2D eigenvalue weighted by Crippen LogP contribution is 2.27. The summed E-state index contributed by atoms with van der Waals surface area (Å²) in [6, 6.07) is 25.4. The molecule has 4 rings (SSSR count). The minimum Gasteiger partial charge on any atom is -0.494 e. The summed E-state index contributed by atoms with van der Waals surface area (Å²) in [5, 5.41) is 8.92. The van der Waals surface area contributed by atoms with Gasteiger partial charge in [0.05, 0.1) is 6.61 Å². The third-order valence-electron chi connectivity index (χ3n) is 6.00. The van der Waals surface area contributed by atoms with Gasteiger partial charge in [0.1, 0.15) is 12.4 Å². The number of hydrazine groups is 1. The Kier molecular flexibility index (Phi) is 9.08. The summed E-state index contributed by atoms with van der Waals surface area (Å²) in [6.07, 6.45) is 4.90. The summed E-state index contributed by atoms with van der Waals surface area (Å²) in [5.74, 6) is 0.867. The lowest BCUT2D eigenvalue weighted by atomic mass is 9.95. The minimum atomic E-state index is -1.10. The van der Waals surface area contributed by atoms with E-state index in [4.69, 9.17) is 19.6 Å². The monoisotopic (exact) mass is 499 g/mol. The van der Waals surface area contributed by atoms with Crippen LogP contribution in [-0.2, 0) is 16.1 Å². The molecule has 7 nitrogen and oxygen atoms in total. The molecule has 3 N–H and O–H groups in total. The van der Waals surface area contributed by atoms with Gasteiger partial charge in [-0.3, -0.25) is 10.2 Å². The number of nitrogens with zero attached hydrogens (tertiary/aromatic N) is 1. The fraction of sp³-hybridized carbons (Fsp3) is 0.267. The van der Waals surface area contributed by atoms with Crippen LogP contribution in [0.4, 0.5) is 0 Å². The predicted molar refractivity (Wildman–Crippen MR) is 145 cm³/mol. The maximum Gasteiger partial charge on any atom is 0.266 e. The van der Waals surface area contributed by atoms with E-state index < -0.39 is 5.54 Å². The molecule has 0 aromatic heterocycles. The first-order valence-electron chi connectivity index (χ1n) is 12.5. The van der Waals surface area contributed by atoms with E-state index in [1.165, 1.54) is 0 Å². The Balaban J connectivity index is 1.48. The van der Waals surface area contributed by atoms with Gasteiger partial charge in [0, 0.05) is 31.6 Å². The quantitative estimate of drug-likeness (QED) is 0.257. The molecule has 0 spiro atoms. The highest BCUT2D eigenvalue weighted by atomic mass is 16.5. The fourth-order valence-corrected chi connectivity index (χ4v) is 3.98. The van der Waals surface area contributed by atoms with E-state index in [-0.39, 0.29) is 19.1 Å². The Morgan fingerprint density at radius 2 is 1.92 bits per heavy atom. The van der Waals surface area contributed by atoms with Crippen LogP contribution in [0.5, 0.6) is 5.75 Å². The Hall–Kier alpha value is -3.94. The topological polar surface area (TPSA) is 92.2 Å². The number of carbonyl (C=O) groups is 1. The average Bonchev–Trinajstić information content (AvgIpc) is 3.35. The Morgan fingerprint density at radius 1 is 1.11 bits per heavy atom. The average molecular weight is 500 g/mol. The van der Waals surface area contributed by atoms with Crippen LogP contribution in [0.2, 0.25) is 0 Å². The molecule has 1 amide bonds. The first-order valence-corrected chi connectivity index (χ1v) is 12.5. The van der Waals surface area contributed by atoms with Crippen LogP contribution >= 0.6 is 0 Å². The van der Waals surface area contributed by atoms with E-state index in [1.807, 2.05) is 91.9 Å². The zero-order chi connectivity index (χ0) is 25.9. The summed E-state index contributed by atoms with van der Waals surface area (Å²) < 4.78 is 11.6. The highest BCUT2D eigenvalue weighted by Gasteiger charge is 2.43. The lowest BCUT2D eigenvalue weighted by Gasteiger charge is -2.22. The number of rotatable bonds is 12. The number of nitrogens with one attached hydrogen (secondary N) is 2. The zero-order valence-electron chi connectivity index (χ0n) is 21.0. The molecule has 7 heteroatoms. The van der Waals surface area contributed by atoms with Crippen LogP contribution in [0.1, 0.15) is 35.1 Å². The molecule has 1 aliphatic heterocycles. The van der Waals surface area contributed by atoms with Gasteiger partial charge < -0.3 is 14.6 Å². The number of aliphatic hydroxyl groups excluding tert-OH is 1. The molecule has 0 fully saturated rings. The molecule has 0 bridgehead atoms. The number of hydrogen-bond acceptors (Lipinski definition) is 6. The van der Waals surface area contributed by atoms with Gasteiger partial charge in [0.2, 0.25) is 5.90 Å². The first kappa shape index (κ1) is 26.1. The second-order valence-electron chi connectivity index (χ2n) is 9.00. The van der Waals surface area contributed by atoms with Crippen molar-refractivity contribution in [3.63, 3.8) is 0 Å². The standard InChI is InChI=1S/C30H33N3O4/c1-23-8-5-11-25(20-23)21-31-33-29(35)30(17-6-12-24-9-3-2-4-10-24)22-37-28(32-30)26-13-15-27(16-14-26)36-19-7-18-34/h2-6,8-16,20,31,34H,7,17-19,21-22H2,1H3,(H,33,35)/b12-6+/t30-/m0/s1. The van der Waals surface area contributed by atoms with Crippen molar-refractivity contribution in [2.75, 3.05) is 19.8 Å². The molecule has 0 unspecified atom stereocenters. The van der Waals surface area contributed by atoms with E-state index in [2.05, 4.69) is 16.9 Å². The van der Waals surface area contributed by atoms with Crippen molar-refractivity contribution in [3.05, 3.63) is 107 Å². The van der Waals surface area contributed by atoms with Gasteiger partial charge in [-0.1, -0.05) is 72.3 Å². The Labute approximate surface area is 217 Å². The normalized spacial score (nSPS) is 16.9.